The van der Waals surface area contributed by atoms with E-state index in [2.05, 4.69) is 5.32 Å². The van der Waals surface area contributed by atoms with Crippen LogP contribution in [0.4, 0.5) is 0 Å². The number of nitrogens with one attached hydrogen (secondary N) is 1. The van der Waals surface area contributed by atoms with Crippen molar-refractivity contribution < 1.29 is 14.7 Å². The molecule has 5 heteroatoms. The van der Waals surface area contributed by atoms with Gasteiger partial charge < -0.3 is 15.3 Å². The number of aliphatic hydroxyl groups is 1. The van der Waals surface area contributed by atoms with Crippen molar-refractivity contribution >= 4 is 11.8 Å². The van der Waals surface area contributed by atoms with Gasteiger partial charge in [0.15, 0.2) is 0 Å². The van der Waals surface area contributed by atoms with E-state index < -0.39 is 11.6 Å². The Kier molecular flexibility index (Phi) is 5.14. The zero-order valence-electron chi connectivity index (χ0n) is 11.5. The van der Waals surface area contributed by atoms with Crippen molar-refractivity contribution in [1.29, 1.82) is 0 Å². The third kappa shape index (κ3) is 4.29. The van der Waals surface area contributed by atoms with Gasteiger partial charge >= 0.3 is 0 Å². The Labute approximate surface area is 109 Å². The highest BCUT2D eigenvalue weighted by Gasteiger charge is 2.27. The Hall–Kier alpha value is -1.10. The Morgan fingerprint density at radius 1 is 1.44 bits per heavy atom. The van der Waals surface area contributed by atoms with E-state index in [9.17, 15) is 14.7 Å². The van der Waals surface area contributed by atoms with Crippen LogP contribution in [0.2, 0.25) is 0 Å². The van der Waals surface area contributed by atoms with Gasteiger partial charge in [-0.3, -0.25) is 9.59 Å². The van der Waals surface area contributed by atoms with Crippen molar-refractivity contribution in [1.82, 2.24) is 10.2 Å². The SMILES string of the molecule is CC(O)C(C)(C)NC(=O)CN1CCCCCC1=O. The highest BCUT2D eigenvalue weighted by molar-refractivity contribution is 5.85. The first-order valence-electron chi connectivity index (χ1n) is 6.60. The maximum absolute atomic E-state index is 11.9. The first-order valence-corrected chi connectivity index (χ1v) is 6.60. The number of rotatable bonds is 4. The molecule has 1 heterocycles. The summed E-state index contributed by atoms with van der Waals surface area (Å²) in [6.07, 6.45) is 2.81. The zero-order valence-corrected chi connectivity index (χ0v) is 11.5. The molecule has 1 aliphatic heterocycles. The molecule has 1 rings (SSSR count). The minimum Gasteiger partial charge on any atom is -0.391 e. The molecule has 5 nitrogen and oxygen atoms in total. The van der Waals surface area contributed by atoms with Crippen molar-refractivity contribution in [3.8, 4) is 0 Å². The van der Waals surface area contributed by atoms with Crippen LogP contribution in [0.15, 0.2) is 0 Å². The predicted molar refractivity (Wildman–Crippen MR) is 69.0 cm³/mol. The van der Waals surface area contributed by atoms with Gasteiger partial charge in [-0.05, 0) is 33.6 Å². The third-order valence-electron chi connectivity index (χ3n) is 3.51. The van der Waals surface area contributed by atoms with Crippen LogP contribution in [0.1, 0.15) is 46.5 Å². The van der Waals surface area contributed by atoms with Crippen LogP contribution in [-0.2, 0) is 9.59 Å². The van der Waals surface area contributed by atoms with Crippen LogP contribution < -0.4 is 5.32 Å². The maximum Gasteiger partial charge on any atom is 0.240 e. The van der Waals surface area contributed by atoms with E-state index in [4.69, 9.17) is 0 Å². The monoisotopic (exact) mass is 256 g/mol. The Morgan fingerprint density at radius 3 is 2.72 bits per heavy atom. The highest BCUT2D eigenvalue weighted by Crippen LogP contribution is 2.12. The number of aliphatic hydroxyl groups excluding tert-OH is 1. The van der Waals surface area contributed by atoms with Crippen molar-refractivity contribution in [3.63, 3.8) is 0 Å². The van der Waals surface area contributed by atoms with E-state index >= 15 is 0 Å². The van der Waals surface area contributed by atoms with Crippen molar-refractivity contribution in [2.45, 2.75) is 58.1 Å². The lowest BCUT2D eigenvalue weighted by Gasteiger charge is -2.30. The molecule has 1 saturated heterocycles. The number of amides is 2. The Balaban J connectivity index is 2.51. The largest absolute Gasteiger partial charge is 0.391 e. The van der Waals surface area contributed by atoms with Gasteiger partial charge in [-0.2, -0.15) is 0 Å². The second-order valence-electron chi connectivity index (χ2n) is 5.57. The number of nitrogens with zero attached hydrogens (tertiary/aromatic N) is 1. The topological polar surface area (TPSA) is 69.6 Å². The van der Waals surface area contributed by atoms with Gasteiger partial charge in [-0.1, -0.05) is 6.42 Å². The average Bonchev–Trinajstić information content (AvgIpc) is 2.43. The quantitative estimate of drug-likeness (QED) is 0.776. The van der Waals surface area contributed by atoms with Crippen LogP contribution in [0, 0.1) is 0 Å². The summed E-state index contributed by atoms with van der Waals surface area (Å²) in [4.78, 5) is 25.2. The molecule has 2 amide bonds. The van der Waals surface area contributed by atoms with Gasteiger partial charge in [0, 0.05) is 13.0 Å². The molecule has 0 radical (unpaired) electrons. The summed E-state index contributed by atoms with van der Waals surface area (Å²) >= 11 is 0. The smallest absolute Gasteiger partial charge is 0.240 e. The first kappa shape index (κ1) is 15.0. The molecule has 0 aromatic carbocycles. The molecule has 1 aliphatic rings. The molecule has 0 aliphatic carbocycles. The molecule has 1 fully saturated rings. The molecule has 0 saturated carbocycles. The molecule has 0 aromatic heterocycles. The highest BCUT2D eigenvalue weighted by atomic mass is 16.3. The van der Waals surface area contributed by atoms with E-state index in [0.29, 0.717) is 13.0 Å². The van der Waals surface area contributed by atoms with Crippen LogP contribution in [-0.4, -0.2) is 46.6 Å². The number of hydrogen-bond acceptors (Lipinski definition) is 3. The van der Waals surface area contributed by atoms with Crippen molar-refractivity contribution in [2.75, 3.05) is 13.1 Å². The number of carbonyl (C=O) groups excluding carboxylic acids is 2. The van der Waals surface area contributed by atoms with Gasteiger partial charge in [0.05, 0.1) is 18.2 Å². The summed E-state index contributed by atoms with van der Waals surface area (Å²) in [5.41, 5.74) is -0.675. The number of carbonyl (C=O) groups is 2. The van der Waals surface area contributed by atoms with Crippen molar-refractivity contribution in [2.24, 2.45) is 0 Å². The van der Waals surface area contributed by atoms with E-state index in [1.165, 1.54) is 0 Å². The first-order chi connectivity index (χ1) is 8.33. The molecule has 1 atom stereocenters. The lowest BCUT2D eigenvalue weighted by molar-refractivity contribution is -0.136. The predicted octanol–water partition coefficient (Wildman–Crippen LogP) is 0.665. The average molecular weight is 256 g/mol. The summed E-state index contributed by atoms with van der Waals surface area (Å²) in [6, 6.07) is 0. The minimum absolute atomic E-state index is 0.0532. The molecule has 0 bridgehead atoms. The lowest BCUT2D eigenvalue weighted by Crippen LogP contribution is -2.54. The second kappa shape index (κ2) is 6.18. The normalized spacial score (nSPS) is 19.3. The molecule has 1 unspecified atom stereocenters. The molecule has 18 heavy (non-hydrogen) atoms. The second-order valence-corrected chi connectivity index (χ2v) is 5.57. The molecule has 0 aromatic rings. The fourth-order valence-electron chi connectivity index (χ4n) is 1.88. The van der Waals surface area contributed by atoms with Gasteiger partial charge in [-0.15, -0.1) is 0 Å². The summed E-state index contributed by atoms with van der Waals surface area (Å²) in [6.45, 7) is 5.91. The van der Waals surface area contributed by atoms with Crippen molar-refractivity contribution in [3.05, 3.63) is 0 Å². The van der Waals surface area contributed by atoms with Crippen LogP contribution in [0.3, 0.4) is 0 Å². The molecule has 0 spiro atoms. The Bertz CT molecular complexity index is 313. The standard InChI is InChI=1S/C13H24N2O3/c1-10(16)13(2,3)14-11(17)9-15-8-6-4-5-7-12(15)18/h10,16H,4-9H2,1-3H3,(H,14,17). The van der Waals surface area contributed by atoms with Gasteiger partial charge in [0.1, 0.15) is 0 Å². The van der Waals surface area contributed by atoms with E-state index in [0.717, 1.165) is 19.3 Å². The third-order valence-corrected chi connectivity index (χ3v) is 3.51. The molecular weight excluding hydrogens is 232 g/mol. The van der Waals surface area contributed by atoms with E-state index in [1.54, 1.807) is 25.7 Å². The lowest BCUT2D eigenvalue weighted by atomic mass is 9.99. The summed E-state index contributed by atoms with van der Waals surface area (Å²) in [5.74, 6) is -0.159. The summed E-state index contributed by atoms with van der Waals surface area (Å²) in [7, 11) is 0. The minimum atomic E-state index is -0.675. The summed E-state index contributed by atoms with van der Waals surface area (Å²) in [5, 5.41) is 12.3. The molecular formula is C13H24N2O3. The zero-order chi connectivity index (χ0) is 13.8. The van der Waals surface area contributed by atoms with Gasteiger partial charge in [0.2, 0.25) is 11.8 Å². The van der Waals surface area contributed by atoms with Crippen LogP contribution in [0.5, 0.6) is 0 Å². The fraction of sp³-hybridized carbons (Fsp3) is 0.846. The van der Waals surface area contributed by atoms with Crippen LogP contribution >= 0.6 is 0 Å². The van der Waals surface area contributed by atoms with Gasteiger partial charge in [0.25, 0.3) is 0 Å². The van der Waals surface area contributed by atoms with Gasteiger partial charge in [-0.25, -0.2) is 0 Å². The van der Waals surface area contributed by atoms with Crippen LogP contribution in [0.25, 0.3) is 0 Å². The Morgan fingerprint density at radius 2 is 2.11 bits per heavy atom. The maximum atomic E-state index is 11.9. The molecule has 2 N–H and O–H groups in total. The van der Waals surface area contributed by atoms with E-state index in [-0.39, 0.29) is 18.4 Å². The number of hydrogen-bond donors (Lipinski definition) is 2. The number of likely N-dealkylation sites (tertiary alicyclic amines) is 1. The van der Waals surface area contributed by atoms with E-state index in [1.807, 2.05) is 0 Å². The summed E-state index contributed by atoms with van der Waals surface area (Å²) < 4.78 is 0. The molecule has 104 valence electrons. The fourth-order valence-corrected chi connectivity index (χ4v) is 1.88.